The van der Waals surface area contributed by atoms with E-state index >= 15 is 0 Å². The largest absolute Gasteiger partial charge is 0.467 e. The SMILES string of the molecule is CC(CC(O)c1ccco1)NC(=O)NCCOC1CCCCCC1. The number of carbonyl (C=O) groups is 1. The molecule has 3 N–H and O–H groups in total. The Morgan fingerprint density at radius 2 is 2.12 bits per heavy atom. The second-order valence-electron chi connectivity index (χ2n) is 6.55. The van der Waals surface area contributed by atoms with Gasteiger partial charge in [0, 0.05) is 19.0 Å². The fourth-order valence-electron chi connectivity index (χ4n) is 3.06. The maximum Gasteiger partial charge on any atom is 0.315 e. The second kappa shape index (κ2) is 10.4. The molecule has 1 saturated carbocycles. The number of amides is 2. The number of hydrogen-bond acceptors (Lipinski definition) is 4. The molecule has 1 aromatic rings. The first-order valence-corrected chi connectivity index (χ1v) is 9.02. The fraction of sp³-hybridized carbons (Fsp3) is 0.722. The smallest absolute Gasteiger partial charge is 0.315 e. The van der Waals surface area contributed by atoms with E-state index in [1.165, 1.54) is 31.9 Å². The lowest BCUT2D eigenvalue weighted by Crippen LogP contribution is -2.42. The van der Waals surface area contributed by atoms with Crippen LogP contribution in [0, 0.1) is 0 Å². The third-order valence-corrected chi connectivity index (χ3v) is 4.37. The van der Waals surface area contributed by atoms with Crippen molar-refractivity contribution in [3.63, 3.8) is 0 Å². The molecule has 2 atom stereocenters. The van der Waals surface area contributed by atoms with Gasteiger partial charge in [-0.15, -0.1) is 0 Å². The molecule has 0 spiro atoms. The van der Waals surface area contributed by atoms with Crippen LogP contribution >= 0.6 is 0 Å². The summed E-state index contributed by atoms with van der Waals surface area (Å²) in [6.45, 7) is 2.89. The summed E-state index contributed by atoms with van der Waals surface area (Å²) in [5.74, 6) is 0.515. The Bertz CT molecular complexity index is 456. The van der Waals surface area contributed by atoms with Crippen molar-refractivity contribution in [3.8, 4) is 0 Å². The minimum Gasteiger partial charge on any atom is -0.467 e. The third kappa shape index (κ3) is 6.93. The monoisotopic (exact) mass is 338 g/mol. The van der Waals surface area contributed by atoms with Gasteiger partial charge in [-0.2, -0.15) is 0 Å². The fourth-order valence-corrected chi connectivity index (χ4v) is 3.06. The number of furan rings is 1. The molecular weight excluding hydrogens is 308 g/mol. The predicted octanol–water partition coefficient (Wildman–Crippen LogP) is 3.13. The van der Waals surface area contributed by atoms with Crippen molar-refractivity contribution in [3.05, 3.63) is 24.2 Å². The van der Waals surface area contributed by atoms with Crippen molar-refractivity contribution in [2.24, 2.45) is 0 Å². The van der Waals surface area contributed by atoms with Gasteiger partial charge < -0.3 is 24.9 Å². The summed E-state index contributed by atoms with van der Waals surface area (Å²) in [6.07, 6.45) is 8.93. The van der Waals surface area contributed by atoms with Crippen LogP contribution in [0.15, 0.2) is 22.8 Å². The molecule has 0 saturated heterocycles. The number of ether oxygens (including phenoxy) is 1. The summed E-state index contributed by atoms with van der Waals surface area (Å²) in [5.41, 5.74) is 0. The van der Waals surface area contributed by atoms with E-state index < -0.39 is 6.10 Å². The number of aliphatic hydroxyl groups excluding tert-OH is 1. The lowest BCUT2D eigenvalue weighted by Gasteiger charge is -2.18. The van der Waals surface area contributed by atoms with E-state index in [1.54, 1.807) is 12.1 Å². The molecule has 1 aliphatic rings. The Morgan fingerprint density at radius 1 is 1.38 bits per heavy atom. The van der Waals surface area contributed by atoms with Crippen LogP contribution in [0.2, 0.25) is 0 Å². The molecule has 24 heavy (non-hydrogen) atoms. The molecule has 136 valence electrons. The van der Waals surface area contributed by atoms with Gasteiger partial charge in [0.1, 0.15) is 11.9 Å². The van der Waals surface area contributed by atoms with E-state index in [0.717, 1.165) is 12.8 Å². The van der Waals surface area contributed by atoms with E-state index in [0.29, 0.717) is 31.4 Å². The Hall–Kier alpha value is -1.53. The van der Waals surface area contributed by atoms with Gasteiger partial charge in [0.05, 0.1) is 19.0 Å². The maximum atomic E-state index is 11.8. The average Bonchev–Trinajstić information content (AvgIpc) is 2.96. The van der Waals surface area contributed by atoms with Crippen LogP contribution in [-0.2, 0) is 4.74 Å². The Labute approximate surface area is 143 Å². The first kappa shape index (κ1) is 18.8. The highest BCUT2D eigenvalue weighted by atomic mass is 16.5. The number of aliphatic hydroxyl groups is 1. The second-order valence-corrected chi connectivity index (χ2v) is 6.55. The van der Waals surface area contributed by atoms with Gasteiger partial charge in [-0.1, -0.05) is 25.7 Å². The molecule has 2 rings (SSSR count). The maximum absolute atomic E-state index is 11.8. The highest BCUT2D eigenvalue weighted by molar-refractivity contribution is 5.74. The molecule has 2 amide bonds. The Morgan fingerprint density at radius 3 is 2.79 bits per heavy atom. The van der Waals surface area contributed by atoms with Crippen LogP contribution < -0.4 is 10.6 Å². The molecule has 6 heteroatoms. The molecule has 1 aliphatic carbocycles. The highest BCUT2D eigenvalue weighted by Gasteiger charge is 2.16. The molecule has 0 bridgehead atoms. The zero-order chi connectivity index (χ0) is 17.2. The normalized spacial score (nSPS) is 18.6. The predicted molar refractivity (Wildman–Crippen MR) is 91.7 cm³/mol. The lowest BCUT2D eigenvalue weighted by atomic mass is 10.1. The number of carbonyl (C=O) groups excluding carboxylic acids is 1. The van der Waals surface area contributed by atoms with E-state index in [1.807, 2.05) is 6.92 Å². The van der Waals surface area contributed by atoms with Gasteiger partial charge in [-0.05, 0) is 31.9 Å². The van der Waals surface area contributed by atoms with Crippen LogP contribution in [0.25, 0.3) is 0 Å². The first-order valence-electron chi connectivity index (χ1n) is 9.02. The van der Waals surface area contributed by atoms with Gasteiger partial charge in [-0.3, -0.25) is 0 Å². The van der Waals surface area contributed by atoms with Crippen LogP contribution in [0.5, 0.6) is 0 Å². The average molecular weight is 338 g/mol. The van der Waals surface area contributed by atoms with E-state index in [2.05, 4.69) is 10.6 Å². The highest BCUT2D eigenvalue weighted by Crippen LogP contribution is 2.19. The van der Waals surface area contributed by atoms with Crippen molar-refractivity contribution >= 4 is 6.03 Å². The first-order chi connectivity index (χ1) is 11.6. The van der Waals surface area contributed by atoms with E-state index in [-0.39, 0.29) is 12.1 Å². The molecule has 1 fully saturated rings. The lowest BCUT2D eigenvalue weighted by molar-refractivity contribution is 0.0460. The molecule has 0 radical (unpaired) electrons. The number of rotatable bonds is 8. The molecule has 2 unspecified atom stereocenters. The van der Waals surface area contributed by atoms with Crippen molar-refractivity contribution in [1.29, 1.82) is 0 Å². The molecule has 0 aromatic carbocycles. The standard InChI is InChI=1S/C18H30N2O4/c1-14(13-16(21)17-9-6-11-24-17)20-18(22)19-10-12-23-15-7-4-2-3-5-8-15/h6,9,11,14-16,21H,2-5,7-8,10,12-13H2,1H3,(H2,19,20,22). The zero-order valence-corrected chi connectivity index (χ0v) is 14.5. The molecule has 6 nitrogen and oxygen atoms in total. The van der Waals surface area contributed by atoms with Crippen LogP contribution in [0.4, 0.5) is 4.79 Å². The number of hydrogen-bond donors (Lipinski definition) is 3. The van der Waals surface area contributed by atoms with Crippen molar-refractivity contribution in [1.82, 2.24) is 10.6 Å². The molecule has 1 heterocycles. The molecule has 1 aromatic heterocycles. The van der Waals surface area contributed by atoms with Crippen molar-refractivity contribution in [2.45, 2.75) is 70.1 Å². The summed E-state index contributed by atoms with van der Waals surface area (Å²) < 4.78 is 11.0. The quantitative estimate of drug-likeness (QED) is 0.502. The third-order valence-electron chi connectivity index (χ3n) is 4.37. The summed E-state index contributed by atoms with van der Waals surface area (Å²) in [6, 6.07) is 3.06. The van der Waals surface area contributed by atoms with Crippen LogP contribution in [-0.4, -0.2) is 36.4 Å². The van der Waals surface area contributed by atoms with Gasteiger partial charge in [-0.25, -0.2) is 4.79 Å². The molecule has 0 aliphatic heterocycles. The summed E-state index contributed by atoms with van der Waals surface area (Å²) in [5, 5.41) is 15.6. The molecular formula is C18H30N2O4. The van der Waals surface area contributed by atoms with Gasteiger partial charge in [0.2, 0.25) is 0 Å². The number of urea groups is 1. The van der Waals surface area contributed by atoms with Gasteiger partial charge in [0.25, 0.3) is 0 Å². The van der Waals surface area contributed by atoms with Crippen molar-refractivity contribution in [2.75, 3.05) is 13.2 Å². The summed E-state index contributed by atoms with van der Waals surface area (Å²) in [7, 11) is 0. The minimum absolute atomic E-state index is 0.159. The van der Waals surface area contributed by atoms with Crippen LogP contribution in [0.3, 0.4) is 0 Å². The van der Waals surface area contributed by atoms with Gasteiger partial charge >= 0.3 is 6.03 Å². The topological polar surface area (TPSA) is 83.7 Å². The van der Waals surface area contributed by atoms with E-state index in [9.17, 15) is 9.90 Å². The van der Waals surface area contributed by atoms with E-state index in [4.69, 9.17) is 9.15 Å². The van der Waals surface area contributed by atoms with Crippen LogP contribution in [0.1, 0.15) is 63.7 Å². The van der Waals surface area contributed by atoms with Gasteiger partial charge in [0.15, 0.2) is 0 Å². The summed E-state index contributed by atoms with van der Waals surface area (Å²) in [4.78, 5) is 11.8. The minimum atomic E-state index is -0.714. The Balaban J connectivity index is 1.55. The van der Waals surface area contributed by atoms with Crippen molar-refractivity contribution < 1.29 is 19.1 Å². The summed E-state index contributed by atoms with van der Waals surface area (Å²) >= 11 is 0. The number of nitrogens with one attached hydrogen (secondary N) is 2. The Kier molecular flexibility index (Phi) is 8.12. The zero-order valence-electron chi connectivity index (χ0n) is 14.5.